The summed E-state index contributed by atoms with van der Waals surface area (Å²) in [5, 5.41) is 13.4. The molecule has 0 aromatic rings. The molecule has 0 bridgehead atoms. The smallest absolute Gasteiger partial charge is 0.373 e. The highest BCUT2D eigenvalue weighted by atomic mass is 32.2. The van der Waals surface area contributed by atoms with Crippen molar-refractivity contribution in [1.82, 2.24) is 10.2 Å². The van der Waals surface area contributed by atoms with E-state index in [0.29, 0.717) is 6.29 Å². The molecule has 218 valence electrons. The topological polar surface area (TPSA) is 137 Å². The van der Waals surface area contributed by atoms with Crippen LogP contribution in [0.4, 0.5) is 0 Å². The summed E-state index contributed by atoms with van der Waals surface area (Å²) >= 11 is 3.64. The molecule has 3 aliphatic rings. The lowest BCUT2D eigenvalue weighted by molar-refractivity contribution is -0.662. The van der Waals surface area contributed by atoms with Gasteiger partial charge in [0.15, 0.2) is 0 Å². The van der Waals surface area contributed by atoms with Gasteiger partial charge in [0.1, 0.15) is 18.5 Å². The summed E-state index contributed by atoms with van der Waals surface area (Å²) in [6.07, 6.45) is 18.0. The molecule has 0 aliphatic carbocycles. The van der Waals surface area contributed by atoms with Gasteiger partial charge in [-0.15, -0.1) is 11.8 Å². The number of carboxylic acid groups (broad SMARTS) is 1. The van der Waals surface area contributed by atoms with Gasteiger partial charge in [0.25, 0.3) is 0 Å². The zero-order valence-electron chi connectivity index (χ0n) is 23.3. The fraction of sp³-hybridized carbons (Fsp3) is 0.846. The van der Waals surface area contributed by atoms with Gasteiger partial charge in [-0.05, 0) is 96.3 Å². The Hall–Kier alpha value is -1.23. The van der Waals surface area contributed by atoms with E-state index in [9.17, 15) is 14.4 Å². The zero-order chi connectivity index (χ0) is 28.4. The van der Waals surface area contributed by atoms with Crippen LogP contribution in [0, 0.1) is 0 Å². The van der Waals surface area contributed by atoms with E-state index in [-0.39, 0.29) is 18.4 Å². The predicted octanol–water partition coefficient (Wildman–Crippen LogP) is 2.69. The lowest BCUT2D eigenvalue weighted by Gasteiger charge is -2.25. The summed E-state index contributed by atoms with van der Waals surface area (Å²) in [6.45, 7) is 9.54. The Morgan fingerprint density at radius 2 is 1.43 bits per heavy atom. The number of quaternary nitrogens is 1. The SMILES string of the molecule is C1CCNCC1.C1CC[NH2+]CC1.CSCCC(C)=O.CSCN1CCCCC1.O=C=O.O=CCC(=O)O. The number of carboxylic acids is 1. The first-order valence-corrected chi connectivity index (χ1v) is 16.0. The number of nitrogens with zero attached hydrogens (tertiary/aromatic N) is 1. The standard InChI is InChI=1S/C7H15NS.2C5H11N.C5H10OS.C3H4O3.CO2/c1-9-7-8-5-3-2-4-6-8;2*1-2-4-6-5-3-1;1-5(6)3-4-7-2;4-2-1-3(5)6;2-1-3/h2-7H2,1H3;2*6H,1-5H2;3-4H2,1-2H3;2H,1H2,(H,5,6);/p+1. The number of carbonyl (C=O) groups is 3. The Balaban J connectivity index is -0.000000384. The van der Waals surface area contributed by atoms with Gasteiger partial charge in [0.05, 0.1) is 13.1 Å². The van der Waals surface area contributed by atoms with Crippen LogP contribution in [0.15, 0.2) is 0 Å². The molecule has 37 heavy (non-hydrogen) atoms. The molecule has 0 saturated carbocycles. The number of likely N-dealkylation sites (tertiary alicyclic amines) is 1. The second-order valence-corrected chi connectivity index (χ2v) is 10.4. The van der Waals surface area contributed by atoms with Crippen molar-refractivity contribution in [2.75, 3.05) is 63.4 Å². The summed E-state index contributed by atoms with van der Waals surface area (Å²) in [4.78, 5) is 47.6. The van der Waals surface area contributed by atoms with Crippen LogP contribution in [-0.4, -0.2) is 97.6 Å². The summed E-state index contributed by atoms with van der Waals surface area (Å²) in [5.74, 6) is 1.41. The van der Waals surface area contributed by atoms with Crippen molar-refractivity contribution < 1.29 is 34.4 Å². The number of rotatable bonds is 7. The summed E-state index contributed by atoms with van der Waals surface area (Å²) < 4.78 is 0. The Labute approximate surface area is 233 Å². The maximum atomic E-state index is 10.2. The van der Waals surface area contributed by atoms with Gasteiger partial charge in [-0.3, -0.25) is 14.5 Å². The molecule has 0 aromatic heterocycles. The minimum atomic E-state index is -1.08. The maximum Gasteiger partial charge on any atom is 0.373 e. The minimum absolute atomic E-state index is 0.250. The molecule has 0 unspecified atom stereocenters. The highest BCUT2D eigenvalue weighted by Crippen LogP contribution is 2.10. The number of piperidine rings is 3. The molecule has 3 rings (SSSR count). The number of hydrogen-bond donors (Lipinski definition) is 3. The zero-order valence-corrected chi connectivity index (χ0v) is 25.0. The molecule has 0 spiro atoms. The van der Waals surface area contributed by atoms with E-state index in [2.05, 4.69) is 21.8 Å². The van der Waals surface area contributed by atoms with Crippen molar-refractivity contribution in [1.29, 1.82) is 0 Å². The second-order valence-electron chi connectivity index (χ2n) is 8.63. The maximum absolute atomic E-state index is 10.2. The van der Waals surface area contributed by atoms with Crippen LogP contribution in [0.5, 0.6) is 0 Å². The summed E-state index contributed by atoms with van der Waals surface area (Å²) in [6, 6.07) is 0. The van der Waals surface area contributed by atoms with E-state index in [1.165, 1.54) is 103 Å². The van der Waals surface area contributed by atoms with E-state index in [1.807, 2.05) is 18.0 Å². The Bertz CT molecular complexity index is 499. The second kappa shape index (κ2) is 36.9. The highest BCUT2D eigenvalue weighted by molar-refractivity contribution is 7.98. The normalized spacial score (nSPS) is 16.3. The third-order valence-corrected chi connectivity index (χ3v) is 6.44. The summed E-state index contributed by atoms with van der Waals surface area (Å²) in [7, 11) is 0. The average molecular weight is 567 g/mol. The van der Waals surface area contributed by atoms with Crippen LogP contribution >= 0.6 is 23.5 Å². The van der Waals surface area contributed by atoms with E-state index in [0.717, 1.165) is 12.2 Å². The molecule has 3 fully saturated rings. The van der Waals surface area contributed by atoms with Crippen molar-refractivity contribution in [2.24, 2.45) is 0 Å². The molecule has 0 aromatic carbocycles. The number of Topliss-reactive ketones (excluding diaryl/α,β-unsaturated/α-hetero) is 1. The minimum Gasteiger partial charge on any atom is -0.481 e. The monoisotopic (exact) mass is 566 g/mol. The number of aliphatic carboxylic acids is 1. The predicted molar refractivity (Wildman–Crippen MR) is 153 cm³/mol. The molecule has 3 saturated heterocycles. The quantitative estimate of drug-likeness (QED) is 0.311. The molecule has 0 amide bonds. The molecule has 0 atom stereocenters. The van der Waals surface area contributed by atoms with Crippen molar-refractivity contribution in [2.45, 2.75) is 77.6 Å². The first kappa shape index (κ1) is 40.3. The van der Waals surface area contributed by atoms with Crippen LogP contribution in [-0.2, 0) is 24.0 Å². The van der Waals surface area contributed by atoms with Crippen molar-refractivity contribution in [3.63, 3.8) is 0 Å². The van der Waals surface area contributed by atoms with Crippen molar-refractivity contribution in [3.05, 3.63) is 0 Å². The lowest BCUT2D eigenvalue weighted by Crippen LogP contribution is -2.85. The number of nitrogens with one attached hydrogen (secondary N) is 1. The first-order chi connectivity index (χ1) is 17.9. The average Bonchev–Trinajstić information content (AvgIpc) is 2.92. The van der Waals surface area contributed by atoms with E-state index in [4.69, 9.17) is 14.7 Å². The lowest BCUT2D eigenvalue weighted by atomic mass is 10.1. The number of ketones is 1. The van der Waals surface area contributed by atoms with Gasteiger partial charge < -0.3 is 20.5 Å². The number of nitrogens with two attached hydrogens (primary N) is 1. The van der Waals surface area contributed by atoms with Gasteiger partial charge in [-0.1, -0.05) is 12.8 Å². The Morgan fingerprint density at radius 3 is 1.65 bits per heavy atom. The third kappa shape index (κ3) is 45.1. The molecule has 0 radical (unpaired) electrons. The van der Waals surface area contributed by atoms with Crippen molar-refractivity contribution >= 4 is 47.7 Å². The molecular formula is C26H52N3O6S2+. The van der Waals surface area contributed by atoms with Crippen LogP contribution < -0.4 is 10.6 Å². The molecule has 3 aliphatic heterocycles. The first-order valence-electron chi connectivity index (χ1n) is 13.3. The Morgan fingerprint density at radius 1 is 0.919 bits per heavy atom. The fourth-order valence-electron chi connectivity index (χ4n) is 3.29. The molecule has 3 heterocycles. The largest absolute Gasteiger partial charge is 0.481 e. The number of thioether (sulfide) groups is 2. The van der Waals surface area contributed by atoms with Gasteiger partial charge in [0, 0.05) is 12.3 Å². The molecule has 4 N–H and O–H groups in total. The molecule has 11 heteroatoms. The van der Waals surface area contributed by atoms with Crippen LogP contribution in [0.1, 0.15) is 77.6 Å². The molecule has 9 nitrogen and oxygen atoms in total. The molecular weight excluding hydrogens is 514 g/mol. The van der Waals surface area contributed by atoms with E-state index >= 15 is 0 Å². The van der Waals surface area contributed by atoms with Crippen LogP contribution in [0.2, 0.25) is 0 Å². The van der Waals surface area contributed by atoms with Gasteiger partial charge in [0.2, 0.25) is 0 Å². The van der Waals surface area contributed by atoms with Gasteiger partial charge >= 0.3 is 12.1 Å². The van der Waals surface area contributed by atoms with E-state index < -0.39 is 5.97 Å². The van der Waals surface area contributed by atoms with Crippen molar-refractivity contribution in [3.8, 4) is 0 Å². The number of hydrogen-bond acceptors (Lipinski definition) is 9. The number of aldehydes is 1. The summed E-state index contributed by atoms with van der Waals surface area (Å²) in [5.41, 5.74) is 0. The van der Waals surface area contributed by atoms with Crippen LogP contribution in [0.25, 0.3) is 0 Å². The highest BCUT2D eigenvalue weighted by Gasteiger charge is 2.07. The fourth-order valence-corrected chi connectivity index (χ4v) is 4.40. The third-order valence-electron chi connectivity index (χ3n) is 5.20. The number of carbonyl (C=O) groups excluding carboxylic acids is 4. The van der Waals surface area contributed by atoms with Gasteiger partial charge in [-0.2, -0.15) is 21.4 Å². The van der Waals surface area contributed by atoms with Gasteiger partial charge in [-0.25, -0.2) is 0 Å². The van der Waals surface area contributed by atoms with E-state index in [1.54, 1.807) is 18.7 Å². The Kier molecular flexibility index (Phi) is 40.2. The van der Waals surface area contributed by atoms with Crippen LogP contribution in [0.3, 0.4) is 0 Å².